The Hall–Kier alpha value is -3.28. The molecule has 1 aromatic carbocycles. The number of anilines is 2. The number of para-hydroxylation sites is 1. The van der Waals surface area contributed by atoms with Gasteiger partial charge in [0.1, 0.15) is 0 Å². The molecule has 0 atom stereocenters. The summed E-state index contributed by atoms with van der Waals surface area (Å²) < 4.78 is 0. The van der Waals surface area contributed by atoms with E-state index in [1.807, 2.05) is 42.3 Å². The van der Waals surface area contributed by atoms with Crippen molar-refractivity contribution in [1.82, 2.24) is 15.0 Å². The standard InChI is InChI=1S/C21H21N5O/c1-25(12-8-16-6-10-22-11-7-16)21-23-14-18(15-24-21)20(27)26-13-9-17-4-2-3-5-19(17)26/h2-7,10-11,14-15H,8-9,12-13H2,1H3. The number of carbonyl (C=O) groups excluding carboxylic acids is 1. The number of fused-ring (bicyclic) bond motifs is 1. The molecule has 1 aliphatic heterocycles. The van der Waals surface area contributed by atoms with Crippen LogP contribution in [0.15, 0.2) is 61.2 Å². The van der Waals surface area contributed by atoms with Crippen LogP contribution in [-0.2, 0) is 12.8 Å². The van der Waals surface area contributed by atoms with Crippen molar-refractivity contribution < 1.29 is 4.79 Å². The maximum Gasteiger partial charge on any atom is 0.261 e. The molecule has 0 saturated carbocycles. The van der Waals surface area contributed by atoms with Crippen LogP contribution in [-0.4, -0.2) is 41.0 Å². The van der Waals surface area contributed by atoms with Crippen molar-refractivity contribution in [2.45, 2.75) is 12.8 Å². The lowest BCUT2D eigenvalue weighted by Gasteiger charge is -2.19. The zero-order chi connectivity index (χ0) is 18.6. The first-order chi connectivity index (χ1) is 13.2. The molecule has 3 aromatic rings. The molecule has 6 heteroatoms. The van der Waals surface area contributed by atoms with E-state index in [2.05, 4.69) is 21.0 Å². The van der Waals surface area contributed by atoms with Crippen molar-refractivity contribution in [2.24, 2.45) is 0 Å². The van der Waals surface area contributed by atoms with Gasteiger partial charge in [-0.3, -0.25) is 9.78 Å². The summed E-state index contributed by atoms with van der Waals surface area (Å²) in [6, 6.07) is 12.0. The molecule has 6 nitrogen and oxygen atoms in total. The van der Waals surface area contributed by atoms with Crippen LogP contribution in [0.1, 0.15) is 21.5 Å². The van der Waals surface area contributed by atoms with Gasteiger partial charge in [-0.05, 0) is 42.2 Å². The fourth-order valence-electron chi connectivity index (χ4n) is 3.28. The van der Waals surface area contributed by atoms with Gasteiger partial charge >= 0.3 is 0 Å². The topological polar surface area (TPSA) is 62.2 Å². The second kappa shape index (κ2) is 7.53. The van der Waals surface area contributed by atoms with E-state index in [1.165, 1.54) is 11.1 Å². The van der Waals surface area contributed by atoms with Gasteiger partial charge in [-0.25, -0.2) is 9.97 Å². The summed E-state index contributed by atoms with van der Waals surface area (Å²) in [4.78, 5) is 29.4. The van der Waals surface area contributed by atoms with Gasteiger partial charge in [-0.1, -0.05) is 18.2 Å². The Morgan fingerprint density at radius 1 is 1.11 bits per heavy atom. The minimum atomic E-state index is -0.0501. The lowest BCUT2D eigenvalue weighted by atomic mass is 10.2. The largest absolute Gasteiger partial charge is 0.344 e. The fraction of sp³-hybridized carbons (Fsp3) is 0.238. The van der Waals surface area contributed by atoms with E-state index in [9.17, 15) is 4.79 Å². The van der Waals surface area contributed by atoms with Gasteiger partial charge in [0.2, 0.25) is 5.95 Å². The maximum atomic E-state index is 12.8. The molecular weight excluding hydrogens is 338 g/mol. The number of nitrogens with zero attached hydrogens (tertiary/aromatic N) is 5. The molecule has 0 spiro atoms. The van der Waals surface area contributed by atoms with E-state index < -0.39 is 0 Å². The molecule has 0 fully saturated rings. The SMILES string of the molecule is CN(CCc1ccncc1)c1ncc(C(=O)N2CCc3ccccc32)cn1. The van der Waals surface area contributed by atoms with Crippen molar-refractivity contribution in [2.75, 3.05) is 29.9 Å². The molecule has 0 N–H and O–H groups in total. The van der Waals surface area contributed by atoms with Crippen LogP contribution in [0.3, 0.4) is 0 Å². The zero-order valence-corrected chi connectivity index (χ0v) is 15.2. The first kappa shape index (κ1) is 17.1. The van der Waals surface area contributed by atoms with Crippen LogP contribution in [0.4, 0.5) is 11.6 Å². The van der Waals surface area contributed by atoms with E-state index in [0.717, 1.165) is 25.1 Å². The molecule has 0 radical (unpaired) electrons. The first-order valence-corrected chi connectivity index (χ1v) is 9.04. The molecule has 0 bridgehead atoms. The second-order valence-corrected chi connectivity index (χ2v) is 6.63. The lowest BCUT2D eigenvalue weighted by Crippen LogP contribution is -2.29. The molecule has 27 heavy (non-hydrogen) atoms. The van der Waals surface area contributed by atoms with Crippen molar-refractivity contribution in [3.8, 4) is 0 Å². The number of rotatable bonds is 5. The molecule has 4 rings (SSSR count). The molecular formula is C21H21N5O. The molecule has 3 heterocycles. The van der Waals surface area contributed by atoms with Crippen LogP contribution in [0, 0.1) is 0 Å². The average Bonchev–Trinajstić information content (AvgIpc) is 3.16. The van der Waals surface area contributed by atoms with Crippen molar-refractivity contribution in [3.05, 3.63) is 77.9 Å². The summed E-state index contributed by atoms with van der Waals surface area (Å²) in [6.45, 7) is 1.49. The molecule has 1 aliphatic rings. The van der Waals surface area contributed by atoms with Crippen LogP contribution in [0.2, 0.25) is 0 Å². The number of hydrogen-bond acceptors (Lipinski definition) is 5. The van der Waals surface area contributed by atoms with Crippen LogP contribution >= 0.6 is 0 Å². The van der Waals surface area contributed by atoms with E-state index >= 15 is 0 Å². The smallest absolute Gasteiger partial charge is 0.261 e. The van der Waals surface area contributed by atoms with Gasteiger partial charge < -0.3 is 9.80 Å². The minimum absolute atomic E-state index is 0.0501. The first-order valence-electron chi connectivity index (χ1n) is 9.04. The Kier molecular flexibility index (Phi) is 4.78. The van der Waals surface area contributed by atoms with Crippen LogP contribution < -0.4 is 9.80 Å². The predicted molar refractivity (Wildman–Crippen MR) is 105 cm³/mol. The van der Waals surface area contributed by atoms with Gasteiger partial charge in [-0.2, -0.15) is 0 Å². The number of pyridine rings is 1. The Bertz CT molecular complexity index is 927. The number of likely N-dealkylation sites (N-methyl/N-ethyl adjacent to an activating group) is 1. The molecule has 136 valence electrons. The van der Waals surface area contributed by atoms with E-state index in [4.69, 9.17) is 0 Å². The van der Waals surface area contributed by atoms with Crippen molar-refractivity contribution >= 4 is 17.5 Å². The quantitative estimate of drug-likeness (QED) is 0.701. The van der Waals surface area contributed by atoms with Crippen molar-refractivity contribution in [3.63, 3.8) is 0 Å². The highest BCUT2D eigenvalue weighted by molar-refractivity contribution is 6.06. The summed E-state index contributed by atoms with van der Waals surface area (Å²) in [5.41, 5.74) is 3.93. The highest BCUT2D eigenvalue weighted by Gasteiger charge is 2.25. The van der Waals surface area contributed by atoms with Gasteiger partial charge in [0, 0.05) is 50.6 Å². The highest BCUT2D eigenvalue weighted by atomic mass is 16.2. The highest BCUT2D eigenvalue weighted by Crippen LogP contribution is 2.28. The molecule has 2 aromatic heterocycles. The zero-order valence-electron chi connectivity index (χ0n) is 15.2. The van der Waals surface area contributed by atoms with Crippen LogP contribution in [0.5, 0.6) is 0 Å². The van der Waals surface area contributed by atoms with Gasteiger partial charge in [0.05, 0.1) is 5.56 Å². The monoisotopic (exact) mass is 359 g/mol. The lowest BCUT2D eigenvalue weighted by molar-refractivity contribution is 0.0988. The van der Waals surface area contributed by atoms with E-state index in [-0.39, 0.29) is 5.91 Å². The summed E-state index contributed by atoms with van der Waals surface area (Å²) in [5.74, 6) is 0.563. The number of hydrogen-bond donors (Lipinski definition) is 0. The normalized spacial score (nSPS) is 12.7. The van der Waals surface area contributed by atoms with Gasteiger partial charge in [-0.15, -0.1) is 0 Å². The fourth-order valence-corrected chi connectivity index (χ4v) is 3.28. The summed E-state index contributed by atoms with van der Waals surface area (Å²) in [6.07, 6.45) is 8.60. The number of aromatic nitrogens is 3. The number of amides is 1. The van der Waals surface area contributed by atoms with Gasteiger partial charge in [0.15, 0.2) is 0 Å². The average molecular weight is 359 g/mol. The molecule has 0 unspecified atom stereocenters. The Morgan fingerprint density at radius 2 is 1.85 bits per heavy atom. The Labute approximate surface area is 158 Å². The predicted octanol–water partition coefficient (Wildman–Crippen LogP) is 2.75. The molecule has 1 amide bonds. The summed E-state index contributed by atoms with van der Waals surface area (Å²) >= 11 is 0. The second-order valence-electron chi connectivity index (χ2n) is 6.63. The minimum Gasteiger partial charge on any atom is -0.344 e. The maximum absolute atomic E-state index is 12.8. The summed E-state index contributed by atoms with van der Waals surface area (Å²) in [7, 11) is 1.95. The number of carbonyl (C=O) groups is 1. The van der Waals surface area contributed by atoms with E-state index in [1.54, 1.807) is 29.7 Å². The molecule has 0 saturated heterocycles. The number of benzene rings is 1. The van der Waals surface area contributed by atoms with Crippen molar-refractivity contribution in [1.29, 1.82) is 0 Å². The third-order valence-electron chi connectivity index (χ3n) is 4.84. The Balaban J connectivity index is 1.42. The van der Waals surface area contributed by atoms with E-state index in [0.29, 0.717) is 18.1 Å². The third kappa shape index (κ3) is 3.65. The van der Waals surface area contributed by atoms with Crippen LogP contribution in [0.25, 0.3) is 0 Å². The molecule has 0 aliphatic carbocycles. The van der Waals surface area contributed by atoms with Gasteiger partial charge in [0.25, 0.3) is 5.91 Å². The summed E-state index contributed by atoms with van der Waals surface area (Å²) in [5, 5.41) is 0. The Morgan fingerprint density at radius 3 is 2.63 bits per heavy atom. The third-order valence-corrected chi connectivity index (χ3v) is 4.84.